The Morgan fingerprint density at radius 1 is 0.513 bits per heavy atom. The molecule has 9 unspecified atom stereocenters. The topological polar surface area (TPSA) is 0 Å². The lowest BCUT2D eigenvalue weighted by molar-refractivity contribution is 0.0154. The zero-order valence-electron chi connectivity index (χ0n) is 26.2. The molecule has 0 N–H and O–H groups in total. The Hall–Kier alpha value is 1.29. The van der Waals surface area contributed by atoms with Gasteiger partial charge in [0.25, 0.3) is 0 Å². The Morgan fingerprint density at radius 3 is 1.44 bits per heavy atom. The van der Waals surface area contributed by atoms with E-state index in [1.165, 1.54) is 154 Å². The fourth-order valence-corrected chi connectivity index (χ4v) is 15.2. The van der Waals surface area contributed by atoms with Gasteiger partial charge in [-0.3, -0.25) is 0 Å². The first kappa shape index (κ1) is 31.7. The van der Waals surface area contributed by atoms with E-state index in [9.17, 15) is 0 Å². The third-order valence-electron chi connectivity index (χ3n) is 14.2. The lowest BCUT2D eigenvalue weighted by Crippen LogP contribution is -2.66. The smallest absolute Gasteiger partial charge is 0.0000616 e. The van der Waals surface area contributed by atoms with E-state index in [4.69, 9.17) is 0 Å². The Balaban J connectivity index is 1.58. The van der Waals surface area contributed by atoms with Gasteiger partial charge in [-0.1, -0.05) is 129 Å². The maximum atomic E-state index is 3.82. The molecule has 0 aromatic carbocycles. The molecule has 0 bridgehead atoms. The van der Waals surface area contributed by atoms with Crippen LogP contribution in [0.25, 0.3) is 0 Å². The summed E-state index contributed by atoms with van der Waals surface area (Å²) in [4.78, 5) is 0. The minimum atomic E-state index is 0.358. The first-order valence-electron chi connectivity index (χ1n) is 18.2. The van der Waals surface area contributed by atoms with Crippen LogP contribution in [0.4, 0.5) is 0 Å². The van der Waals surface area contributed by atoms with E-state index in [-0.39, 0.29) is 0 Å². The van der Waals surface area contributed by atoms with Gasteiger partial charge in [-0.25, -0.2) is 0 Å². The van der Waals surface area contributed by atoms with Crippen molar-refractivity contribution in [1.82, 2.24) is 0 Å². The molecule has 0 heterocycles. The van der Waals surface area contributed by atoms with Gasteiger partial charge in [0, 0.05) is 0 Å². The van der Waals surface area contributed by atoms with Gasteiger partial charge in [-0.2, -0.15) is 0 Å². The first-order valence-corrected chi connectivity index (χ1v) is 19.9. The molecule has 226 valence electrons. The van der Waals surface area contributed by atoms with E-state index >= 15 is 0 Å². The van der Waals surface area contributed by atoms with Crippen LogP contribution in [0.3, 0.4) is 0 Å². The average molecular weight is 593 g/mol. The number of hydrogen-bond donors (Lipinski definition) is 0. The van der Waals surface area contributed by atoms with Crippen LogP contribution in [-0.4, -0.2) is 15.5 Å². The number of rotatable bonds is 8. The summed E-state index contributed by atoms with van der Waals surface area (Å²) in [5, 5.41) is 1.14. The van der Waals surface area contributed by atoms with Crippen molar-refractivity contribution in [3.8, 4) is 0 Å². The molecule has 0 aromatic heterocycles. The molecule has 0 radical (unpaired) electrons. The van der Waals surface area contributed by atoms with E-state index in [2.05, 4.69) is 41.6 Å². The molecule has 0 saturated heterocycles. The van der Waals surface area contributed by atoms with Crippen molar-refractivity contribution in [1.29, 1.82) is 0 Å². The molecule has 5 rings (SSSR count). The Morgan fingerprint density at radius 2 is 0.923 bits per heavy atom. The third-order valence-corrected chi connectivity index (χ3v) is 18.7. The van der Waals surface area contributed by atoms with Crippen LogP contribution in [0.1, 0.15) is 168 Å². The Kier molecular flexibility index (Phi) is 11.3. The van der Waals surface area contributed by atoms with Crippen LogP contribution in [0, 0.1) is 41.4 Å². The molecule has 0 amide bonds. The minimum absolute atomic E-state index is 0.358. The standard InChI is InChI=1S/C36H67P3/c1-27(29-17-7-3-8-18-29)35(38,31-21-11-5-12-22-31)33-25-15-16-26-34(33,37)36(39,32-23-13-6-14-24-32)28(2)30-19-9-4-10-20-30/h27-33H,3-26,37-39H2,1-2H3. The van der Waals surface area contributed by atoms with Crippen molar-refractivity contribution in [2.45, 2.75) is 183 Å². The zero-order chi connectivity index (χ0) is 27.5. The molecule has 5 aliphatic carbocycles. The van der Waals surface area contributed by atoms with Crippen LogP contribution in [-0.2, 0) is 0 Å². The van der Waals surface area contributed by atoms with E-state index in [0.717, 1.165) is 41.4 Å². The highest BCUT2D eigenvalue weighted by molar-refractivity contribution is 7.25. The van der Waals surface area contributed by atoms with Gasteiger partial charge in [-0.15, -0.1) is 27.7 Å². The first-order chi connectivity index (χ1) is 18.8. The fourth-order valence-electron chi connectivity index (χ4n) is 11.8. The summed E-state index contributed by atoms with van der Waals surface area (Å²) in [5.41, 5.74) is 0. The second-order valence-electron chi connectivity index (χ2n) is 15.8. The van der Waals surface area contributed by atoms with Gasteiger partial charge in [0.15, 0.2) is 0 Å². The maximum absolute atomic E-state index is 3.82. The molecule has 0 spiro atoms. The molecule has 0 aliphatic heterocycles. The van der Waals surface area contributed by atoms with E-state index < -0.39 is 0 Å². The molecule has 39 heavy (non-hydrogen) atoms. The van der Waals surface area contributed by atoms with Gasteiger partial charge < -0.3 is 0 Å². The van der Waals surface area contributed by atoms with Crippen LogP contribution < -0.4 is 0 Å². The van der Waals surface area contributed by atoms with Crippen LogP contribution in [0.15, 0.2) is 0 Å². The summed E-state index contributed by atoms with van der Waals surface area (Å²) in [6.07, 6.45) is 35.7. The summed E-state index contributed by atoms with van der Waals surface area (Å²) in [6, 6.07) is 0. The number of hydrogen-bond acceptors (Lipinski definition) is 0. The van der Waals surface area contributed by atoms with Crippen molar-refractivity contribution in [2.75, 3.05) is 0 Å². The van der Waals surface area contributed by atoms with Crippen LogP contribution in [0.2, 0.25) is 0 Å². The molecular formula is C36H67P3. The molecule has 9 atom stereocenters. The van der Waals surface area contributed by atoms with Gasteiger partial charge in [-0.05, 0) is 95.4 Å². The fraction of sp³-hybridized carbons (Fsp3) is 1.00. The van der Waals surface area contributed by atoms with E-state index in [1.54, 1.807) is 0 Å². The molecule has 0 nitrogen and oxygen atoms in total. The molecule has 3 heteroatoms. The highest BCUT2D eigenvalue weighted by atomic mass is 31.0. The summed E-state index contributed by atoms with van der Waals surface area (Å²) in [5.74, 6) is 6.23. The van der Waals surface area contributed by atoms with Crippen LogP contribution >= 0.6 is 27.7 Å². The van der Waals surface area contributed by atoms with Crippen molar-refractivity contribution < 1.29 is 0 Å². The van der Waals surface area contributed by atoms with Crippen molar-refractivity contribution in [3.63, 3.8) is 0 Å². The maximum Gasteiger partial charge on any atom is -0.0000616 e. The molecule has 5 fully saturated rings. The van der Waals surface area contributed by atoms with E-state index in [0.29, 0.717) is 15.5 Å². The van der Waals surface area contributed by atoms with Crippen molar-refractivity contribution >= 4 is 27.7 Å². The van der Waals surface area contributed by atoms with Gasteiger partial charge in [0.05, 0.1) is 0 Å². The molecule has 0 aromatic rings. The summed E-state index contributed by atoms with van der Waals surface area (Å²) >= 11 is 0. The summed E-state index contributed by atoms with van der Waals surface area (Å²) in [7, 11) is 11.4. The Labute approximate surface area is 251 Å². The quantitative estimate of drug-likeness (QED) is 0.246. The van der Waals surface area contributed by atoms with Gasteiger partial charge in [0.2, 0.25) is 0 Å². The summed E-state index contributed by atoms with van der Waals surface area (Å²) in [6.45, 7) is 5.54. The lowest BCUT2D eigenvalue weighted by atomic mass is 9.51. The highest BCUT2D eigenvalue weighted by Gasteiger charge is 2.63. The van der Waals surface area contributed by atoms with Gasteiger partial charge in [0.1, 0.15) is 0 Å². The monoisotopic (exact) mass is 592 g/mol. The predicted octanol–water partition coefficient (Wildman–Crippen LogP) is 11.6. The largest absolute Gasteiger partial charge is 0.130 e. The van der Waals surface area contributed by atoms with Gasteiger partial charge >= 0.3 is 0 Å². The summed E-state index contributed by atoms with van der Waals surface area (Å²) < 4.78 is 0. The van der Waals surface area contributed by atoms with Crippen LogP contribution in [0.5, 0.6) is 0 Å². The SMILES string of the molecule is CC(C1CCCCC1)C(P)(C1CCCCC1)C1CCCCC1(P)C(P)(C1CCCCC1)C(C)C1CCCCC1. The molecule has 5 saturated carbocycles. The third kappa shape index (κ3) is 6.15. The Bertz CT molecular complexity index is 744. The average Bonchev–Trinajstić information content (AvgIpc) is 3.01. The second kappa shape index (κ2) is 13.9. The highest BCUT2D eigenvalue weighted by Crippen LogP contribution is 2.68. The zero-order valence-corrected chi connectivity index (χ0v) is 29.7. The normalized spacial score (nSPS) is 36.1. The van der Waals surface area contributed by atoms with Crippen molar-refractivity contribution in [2.24, 2.45) is 41.4 Å². The minimum Gasteiger partial charge on any atom is -0.130 e. The lowest BCUT2D eigenvalue weighted by Gasteiger charge is -2.66. The van der Waals surface area contributed by atoms with Crippen molar-refractivity contribution in [3.05, 3.63) is 0 Å². The van der Waals surface area contributed by atoms with E-state index in [1.807, 2.05) is 0 Å². The predicted molar refractivity (Wildman–Crippen MR) is 184 cm³/mol. The molecular weight excluding hydrogens is 525 g/mol. The molecule has 5 aliphatic rings. The second-order valence-corrected chi connectivity index (χ2v) is 18.8.